The van der Waals surface area contributed by atoms with Crippen LogP contribution in [0.15, 0.2) is 0 Å². The van der Waals surface area contributed by atoms with Gasteiger partial charge in [-0.25, -0.2) is 0 Å². The Balaban J connectivity index is 1.87. The monoisotopic (exact) mass is 251 g/mol. The van der Waals surface area contributed by atoms with Crippen LogP contribution in [0.2, 0.25) is 0 Å². The second-order valence-corrected chi connectivity index (χ2v) is 7.80. The van der Waals surface area contributed by atoms with E-state index < -0.39 is 0 Å². The van der Waals surface area contributed by atoms with E-state index in [-0.39, 0.29) is 0 Å². The molecule has 0 spiro atoms. The number of fused-ring (bicyclic) bond motifs is 2. The Morgan fingerprint density at radius 1 is 1.29 bits per heavy atom. The van der Waals surface area contributed by atoms with E-state index in [4.69, 9.17) is 0 Å². The quantitative estimate of drug-likeness (QED) is 0.874. The molecule has 0 aromatic carbocycles. The van der Waals surface area contributed by atoms with Gasteiger partial charge in [0.05, 0.1) is 0 Å². The Morgan fingerprint density at radius 3 is 2.59 bits per heavy atom. The second kappa shape index (κ2) is 3.44. The molecule has 3 atom stereocenters. The number of aromatic nitrogens is 2. The molecular weight excluding hydrogens is 230 g/mol. The predicted octanol–water partition coefficient (Wildman–Crippen LogP) is 3.47. The SMILES string of the molecule is Cc1nnc(NC2C3(C)CCC(C3)C2(C)C)s1. The lowest BCUT2D eigenvalue weighted by atomic mass is 9.68. The number of hydrogen-bond donors (Lipinski definition) is 1. The molecule has 1 N–H and O–H groups in total. The first kappa shape index (κ1) is 11.5. The molecule has 2 bridgehead atoms. The molecule has 2 fully saturated rings. The van der Waals surface area contributed by atoms with Crippen LogP contribution in [-0.4, -0.2) is 16.2 Å². The third kappa shape index (κ3) is 1.60. The highest BCUT2D eigenvalue weighted by molar-refractivity contribution is 7.15. The Bertz CT molecular complexity index is 435. The zero-order chi connectivity index (χ0) is 12.3. The minimum atomic E-state index is 0.382. The molecule has 4 heteroatoms. The molecule has 3 unspecified atom stereocenters. The summed E-state index contributed by atoms with van der Waals surface area (Å²) in [5.74, 6) is 0.874. The van der Waals surface area contributed by atoms with Crippen LogP contribution < -0.4 is 5.32 Å². The van der Waals surface area contributed by atoms with Gasteiger partial charge >= 0.3 is 0 Å². The number of anilines is 1. The first-order valence-corrected chi connectivity index (χ1v) is 7.30. The summed E-state index contributed by atoms with van der Waals surface area (Å²) in [4.78, 5) is 0. The van der Waals surface area contributed by atoms with Crippen LogP contribution in [0.1, 0.15) is 45.0 Å². The van der Waals surface area contributed by atoms with Crippen LogP contribution in [0.25, 0.3) is 0 Å². The van der Waals surface area contributed by atoms with Crippen molar-refractivity contribution in [3.63, 3.8) is 0 Å². The van der Waals surface area contributed by atoms with Crippen LogP contribution in [0, 0.1) is 23.7 Å². The number of aryl methyl sites for hydroxylation is 1. The minimum absolute atomic E-state index is 0.382. The molecule has 2 saturated carbocycles. The van der Waals surface area contributed by atoms with Crippen molar-refractivity contribution < 1.29 is 0 Å². The van der Waals surface area contributed by atoms with Crippen LogP contribution in [0.4, 0.5) is 5.13 Å². The summed E-state index contributed by atoms with van der Waals surface area (Å²) < 4.78 is 0. The van der Waals surface area contributed by atoms with Crippen LogP contribution in [-0.2, 0) is 0 Å². The molecule has 0 saturated heterocycles. The molecule has 2 aliphatic carbocycles. The number of nitrogens with one attached hydrogen (secondary N) is 1. The van der Waals surface area contributed by atoms with Gasteiger partial charge < -0.3 is 5.32 Å². The lowest BCUT2D eigenvalue weighted by molar-refractivity contribution is 0.155. The van der Waals surface area contributed by atoms with E-state index in [2.05, 4.69) is 36.3 Å². The van der Waals surface area contributed by atoms with Crippen molar-refractivity contribution in [1.82, 2.24) is 10.2 Å². The summed E-state index contributed by atoms with van der Waals surface area (Å²) in [6.07, 6.45) is 4.13. The first-order valence-electron chi connectivity index (χ1n) is 6.48. The Labute approximate surface area is 107 Å². The van der Waals surface area contributed by atoms with Gasteiger partial charge in [-0.05, 0) is 42.9 Å². The highest BCUT2D eigenvalue weighted by atomic mass is 32.1. The molecule has 1 aromatic rings. The van der Waals surface area contributed by atoms with E-state index in [0.29, 0.717) is 16.9 Å². The van der Waals surface area contributed by atoms with E-state index in [0.717, 1.165) is 16.1 Å². The van der Waals surface area contributed by atoms with E-state index in [1.807, 2.05) is 6.92 Å². The molecule has 3 rings (SSSR count). The summed E-state index contributed by atoms with van der Waals surface area (Å²) >= 11 is 1.67. The topological polar surface area (TPSA) is 37.8 Å². The van der Waals surface area contributed by atoms with Gasteiger partial charge in [-0.2, -0.15) is 0 Å². The standard InChI is InChI=1S/C13H21N3S/c1-8-15-16-11(17-8)14-10-12(2,3)9-5-6-13(10,4)7-9/h9-10H,5-7H2,1-4H3,(H,14,16). The van der Waals surface area contributed by atoms with Crippen LogP contribution in [0.5, 0.6) is 0 Å². The molecule has 2 aliphatic rings. The molecular formula is C13H21N3S. The molecule has 3 nitrogen and oxygen atoms in total. The smallest absolute Gasteiger partial charge is 0.205 e. The maximum absolute atomic E-state index is 4.22. The molecule has 0 radical (unpaired) electrons. The maximum Gasteiger partial charge on any atom is 0.205 e. The fourth-order valence-electron chi connectivity index (χ4n) is 4.14. The fourth-order valence-corrected chi connectivity index (χ4v) is 4.76. The van der Waals surface area contributed by atoms with Crippen molar-refractivity contribution in [2.45, 2.75) is 53.0 Å². The van der Waals surface area contributed by atoms with Gasteiger partial charge in [0.15, 0.2) is 0 Å². The first-order chi connectivity index (χ1) is 7.92. The van der Waals surface area contributed by atoms with E-state index in [1.165, 1.54) is 19.3 Å². The molecule has 17 heavy (non-hydrogen) atoms. The van der Waals surface area contributed by atoms with Gasteiger partial charge in [-0.15, -0.1) is 10.2 Å². The fraction of sp³-hybridized carbons (Fsp3) is 0.846. The highest BCUT2D eigenvalue weighted by Crippen LogP contribution is 2.63. The van der Waals surface area contributed by atoms with Crippen molar-refractivity contribution in [2.24, 2.45) is 16.7 Å². The normalized spacial score (nSPS) is 38.6. The molecule has 1 aromatic heterocycles. The zero-order valence-electron chi connectivity index (χ0n) is 11.1. The average Bonchev–Trinajstić information content (AvgIpc) is 2.85. The van der Waals surface area contributed by atoms with Gasteiger partial charge in [-0.1, -0.05) is 32.1 Å². The van der Waals surface area contributed by atoms with E-state index in [9.17, 15) is 0 Å². The zero-order valence-corrected chi connectivity index (χ0v) is 11.9. The van der Waals surface area contributed by atoms with Crippen LogP contribution >= 0.6 is 11.3 Å². The summed E-state index contributed by atoms with van der Waals surface area (Å²) in [6.45, 7) is 9.27. The summed E-state index contributed by atoms with van der Waals surface area (Å²) in [5, 5.41) is 14.0. The van der Waals surface area contributed by atoms with Crippen molar-refractivity contribution >= 4 is 16.5 Å². The third-order valence-electron chi connectivity index (χ3n) is 5.06. The minimum Gasteiger partial charge on any atom is -0.356 e. The molecule has 0 aliphatic heterocycles. The number of rotatable bonds is 2. The lowest BCUT2D eigenvalue weighted by Gasteiger charge is -2.42. The van der Waals surface area contributed by atoms with Crippen molar-refractivity contribution in [1.29, 1.82) is 0 Å². The maximum atomic E-state index is 4.22. The van der Waals surface area contributed by atoms with Crippen molar-refractivity contribution in [2.75, 3.05) is 5.32 Å². The average molecular weight is 251 g/mol. The highest BCUT2D eigenvalue weighted by Gasteiger charge is 2.59. The molecule has 0 amide bonds. The second-order valence-electron chi connectivity index (χ2n) is 6.62. The van der Waals surface area contributed by atoms with Gasteiger partial charge in [0, 0.05) is 6.04 Å². The summed E-state index contributed by atoms with van der Waals surface area (Å²) in [6, 6.07) is 0.543. The van der Waals surface area contributed by atoms with E-state index in [1.54, 1.807) is 11.3 Å². The van der Waals surface area contributed by atoms with Gasteiger partial charge in [-0.3, -0.25) is 0 Å². The van der Waals surface area contributed by atoms with Crippen LogP contribution in [0.3, 0.4) is 0 Å². The molecule has 94 valence electrons. The van der Waals surface area contributed by atoms with E-state index >= 15 is 0 Å². The van der Waals surface area contributed by atoms with Crippen molar-refractivity contribution in [3.8, 4) is 0 Å². The predicted molar refractivity (Wildman–Crippen MR) is 71.3 cm³/mol. The summed E-state index contributed by atoms with van der Waals surface area (Å²) in [7, 11) is 0. The van der Waals surface area contributed by atoms with Gasteiger partial charge in [0.25, 0.3) is 0 Å². The Kier molecular flexibility index (Phi) is 2.31. The Morgan fingerprint density at radius 2 is 2.06 bits per heavy atom. The Hall–Kier alpha value is -0.640. The number of nitrogens with zero attached hydrogens (tertiary/aromatic N) is 2. The molecule has 1 heterocycles. The summed E-state index contributed by atoms with van der Waals surface area (Å²) in [5.41, 5.74) is 0.834. The lowest BCUT2D eigenvalue weighted by Crippen LogP contribution is -2.45. The van der Waals surface area contributed by atoms with Gasteiger partial charge in [0.1, 0.15) is 5.01 Å². The number of hydrogen-bond acceptors (Lipinski definition) is 4. The third-order valence-corrected chi connectivity index (χ3v) is 5.83. The van der Waals surface area contributed by atoms with Gasteiger partial charge in [0.2, 0.25) is 5.13 Å². The largest absolute Gasteiger partial charge is 0.356 e. The van der Waals surface area contributed by atoms with Crippen molar-refractivity contribution in [3.05, 3.63) is 5.01 Å².